The highest BCUT2D eigenvalue weighted by molar-refractivity contribution is 6.33. The summed E-state index contributed by atoms with van der Waals surface area (Å²) in [6.45, 7) is 5.77. The number of carbonyl (C=O) groups is 1. The number of halogens is 1. The van der Waals surface area contributed by atoms with Crippen LogP contribution in [0.4, 0.5) is 0 Å². The van der Waals surface area contributed by atoms with Crippen LogP contribution >= 0.6 is 11.6 Å². The molecule has 0 unspecified atom stereocenters. The first-order chi connectivity index (χ1) is 15.0. The quantitative estimate of drug-likeness (QED) is 0.249. The van der Waals surface area contributed by atoms with Crippen molar-refractivity contribution in [3.05, 3.63) is 28.9 Å². The molecule has 4 rings (SSSR count). The zero-order chi connectivity index (χ0) is 22.0. The molecule has 4 heterocycles. The fourth-order valence-corrected chi connectivity index (χ4v) is 3.71. The Morgan fingerprint density at radius 1 is 1.35 bits per heavy atom. The Balaban J connectivity index is 1.87. The van der Waals surface area contributed by atoms with Crippen molar-refractivity contribution in [2.45, 2.75) is 58.8 Å². The van der Waals surface area contributed by atoms with Crippen molar-refractivity contribution < 1.29 is 18.7 Å². The van der Waals surface area contributed by atoms with Gasteiger partial charge in [0.15, 0.2) is 28.6 Å². The summed E-state index contributed by atoms with van der Waals surface area (Å²) in [4.78, 5) is 25.2. The molecule has 0 radical (unpaired) electrons. The number of hydrogen-bond donors (Lipinski definition) is 0. The van der Waals surface area contributed by atoms with Crippen LogP contribution in [0.5, 0.6) is 0 Å². The van der Waals surface area contributed by atoms with E-state index in [1.807, 2.05) is 19.1 Å². The number of ether oxygens (including phenoxy) is 2. The van der Waals surface area contributed by atoms with Gasteiger partial charge in [-0.3, -0.25) is 9.36 Å². The van der Waals surface area contributed by atoms with Crippen LogP contribution < -0.4 is 0 Å². The number of nitrogens with zero attached hydrogens (tertiary/aromatic N) is 4. The molecule has 3 aromatic rings. The van der Waals surface area contributed by atoms with E-state index in [4.69, 9.17) is 25.5 Å². The van der Waals surface area contributed by atoms with Crippen molar-refractivity contribution in [2.24, 2.45) is 0 Å². The molecule has 0 amide bonds. The molecule has 3 aromatic heterocycles. The standard InChI is InChI=1S/C22H23ClN4O4/c1-4-5-6-7-8-17-24-19(23)18-21(25-17)27(20(26-18)15-10-9-13(2)30-15)22-16(11-12-29-22)31-14(3)28/h9-10,16,22H,4-6,11-12H2,1-3H3/t16-,22-/m1/s1. The van der Waals surface area contributed by atoms with Crippen molar-refractivity contribution in [2.75, 3.05) is 6.61 Å². The van der Waals surface area contributed by atoms with Crippen molar-refractivity contribution >= 4 is 28.7 Å². The van der Waals surface area contributed by atoms with Crippen LogP contribution in [0.15, 0.2) is 16.5 Å². The van der Waals surface area contributed by atoms with Gasteiger partial charge in [0.25, 0.3) is 0 Å². The molecule has 2 atom stereocenters. The van der Waals surface area contributed by atoms with E-state index in [0.29, 0.717) is 41.6 Å². The zero-order valence-corrected chi connectivity index (χ0v) is 18.4. The highest BCUT2D eigenvalue weighted by atomic mass is 35.5. The number of hydrogen-bond acceptors (Lipinski definition) is 7. The zero-order valence-electron chi connectivity index (χ0n) is 17.6. The molecule has 8 nitrogen and oxygen atoms in total. The molecule has 162 valence electrons. The number of imidazole rings is 1. The van der Waals surface area contributed by atoms with E-state index in [1.54, 1.807) is 4.57 Å². The van der Waals surface area contributed by atoms with Crippen molar-refractivity contribution in [1.82, 2.24) is 19.5 Å². The molecule has 0 N–H and O–H groups in total. The number of unbranched alkanes of at least 4 members (excludes halogenated alkanes) is 2. The van der Waals surface area contributed by atoms with E-state index in [9.17, 15) is 4.79 Å². The molecule has 1 fully saturated rings. The monoisotopic (exact) mass is 442 g/mol. The summed E-state index contributed by atoms with van der Waals surface area (Å²) >= 11 is 6.46. The van der Waals surface area contributed by atoms with Gasteiger partial charge in [-0.1, -0.05) is 30.9 Å². The second-order valence-corrected chi connectivity index (χ2v) is 7.69. The number of esters is 1. The topological polar surface area (TPSA) is 92.3 Å². The maximum absolute atomic E-state index is 11.6. The van der Waals surface area contributed by atoms with Gasteiger partial charge in [-0.05, 0) is 31.4 Å². The maximum Gasteiger partial charge on any atom is 0.303 e. The number of fused-ring (bicyclic) bond motifs is 1. The summed E-state index contributed by atoms with van der Waals surface area (Å²) in [5, 5.41) is 0.190. The minimum atomic E-state index is -0.624. The number of aryl methyl sites for hydroxylation is 1. The van der Waals surface area contributed by atoms with Crippen molar-refractivity contribution in [3.8, 4) is 23.4 Å². The third-order valence-corrected chi connectivity index (χ3v) is 5.16. The van der Waals surface area contributed by atoms with Crippen LogP contribution in [0.3, 0.4) is 0 Å². The molecular weight excluding hydrogens is 420 g/mol. The van der Waals surface area contributed by atoms with Crippen LogP contribution in [-0.2, 0) is 14.3 Å². The lowest BCUT2D eigenvalue weighted by atomic mass is 10.2. The summed E-state index contributed by atoms with van der Waals surface area (Å²) in [5.41, 5.74) is 0.856. The second kappa shape index (κ2) is 9.08. The van der Waals surface area contributed by atoms with E-state index >= 15 is 0 Å². The molecule has 0 aliphatic carbocycles. The number of carbonyl (C=O) groups excluding carboxylic acids is 1. The average molecular weight is 443 g/mol. The maximum atomic E-state index is 11.6. The van der Waals surface area contributed by atoms with Crippen molar-refractivity contribution in [1.29, 1.82) is 0 Å². The molecule has 0 bridgehead atoms. The first-order valence-corrected chi connectivity index (χ1v) is 10.7. The Hall–Kier alpha value is -2.89. The Morgan fingerprint density at radius 3 is 2.90 bits per heavy atom. The summed E-state index contributed by atoms with van der Waals surface area (Å²) in [6, 6.07) is 3.66. The van der Waals surface area contributed by atoms with Gasteiger partial charge in [0.1, 0.15) is 17.4 Å². The van der Waals surface area contributed by atoms with Gasteiger partial charge in [0.2, 0.25) is 5.82 Å². The van der Waals surface area contributed by atoms with Crippen molar-refractivity contribution in [3.63, 3.8) is 0 Å². The number of furan rings is 1. The predicted octanol–water partition coefficient (Wildman–Crippen LogP) is 4.44. The summed E-state index contributed by atoms with van der Waals surface area (Å²) in [6.07, 6.45) is 2.27. The van der Waals surface area contributed by atoms with Gasteiger partial charge in [-0.15, -0.1) is 0 Å². The molecule has 0 aromatic carbocycles. The molecule has 1 aliphatic heterocycles. The average Bonchev–Trinajstić information content (AvgIpc) is 3.43. The Kier molecular flexibility index (Phi) is 6.25. The van der Waals surface area contributed by atoms with E-state index < -0.39 is 12.3 Å². The molecule has 31 heavy (non-hydrogen) atoms. The van der Waals surface area contributed by atoms with E-state index in [2.05, 4.69) is 33.7 Å². The van der Waals surface area contributed by atoms with Gasteiger partial charge >= 0.3 is 5.97 Å². The highest BCUT2D eigenvalue weighted by Crippen LogP contribution is 2.36. The fraction of sp³-hybridized carbons (Fsp3) is 0.455. The Morgan fingerprint density at radius 2 is 2.19 bits per heavy atom. The predicted molar refractivity (Wildman–Crippen MR) is 114 cm³/mol. The molecule has 0 saturated carbocycles. The van der Waals surface area contributed by atoms with E-state index in [0.717, 1.165) is 25.0 Å². The number of rotatable bonds is 5. The van der Waals surface area contributed by atoms with Gasteiger partial charge in [0.05, 0.1) is 6.61 Å². The largest absolute Gasteiger partial charge is 0.458 e. The Labute approximate surface area is 184 Å². The van der Waals surface area contributed by atoms with Gasteiger partial charge in [-0.2, -0.15) is 0 Å². The normalized spacial score (nSPS) is 18.2. The van der Waals surface area contributed by atoms with Crippen LogP contribution in [-0.4, -0.2) is 38.2 Å². The third-order valence-electron chi connectivity index (χ3n) is 4.89. The van der Waals surface area contributed by atoms with Gasteiger partial charge in [0, 0.05) is 19.8 Å². The van der Waals surface area contributed by atoms with Gasteiger partial charge < -0.3 is 13.9 Å². The van der Waals surface area contributed by atoms with Crippen LogP contribution in [0, 0.1) is 18.8 Å². The lowest BCUT2D eigenvalue weighted by Crippen LogP contribution is -2.25. The minimum absolute atomic E-state index is 0.190. The van der Waals surface area contributed by atoms with E-state index in [-0.39, 0.29) is 11.1 Å². The molecule has 0 spiro atoms. The van der Waals surface area contributed by atoms with Crippen LogP contribution in [0.25, 0.3) is 22.7 Å². The first-order valence-electron chi connectivity index (χ1n) is 10.3. The molecular formula is C22H23ClN4O4. The Bertz CT molecular complexity index is 1170. The molecule has 9 heteroatoms. The SMILES string of the molecule is CCCCC#Cc1nc(Cl)c2nc(-c3ccc(C)o3)n([C@@H]3OCC[C@H]3OC(C)=O)c2n1. The highest BCUT2D eigenvalue weighted by Gasteiger charge is 2.37. The van der Waals surface area contributed by atoms with Crippen LogP contribution in [0.1, 0.15) is 57.3 Å². The van der Waals surface area contributed by atoms with E-state index in [1.165, 1.54) is 6.92 Å². The lowest BCUT2D eigenvalue weighted by Gasteiger charge is -2.21. The summed E-state index contributed by atoms with van der Waals surface area (Å²) in [5.74, 6) is 7.71. The minimum Gasteiger partial charge on any atom is -0.458 e. The molecule has 1 saturated heterocycles. The molecule has 1 aliphatic rings. The van der Waals surface area contributed by atoms with Crippen LogP contribution in [0.2, 0.25) is 5.15 Å². The summed E-state index contributed by atoms with van der Waals surface area (Å²) in [7, 11) is 0. The fourth-order valence-electron chi connectivity index (χ4n) is 3.50. The number of aromatic nitrogens is 4. The smallest absolute Gasteiger partial charge is 0.303 e. The lowest BCUT2D eigenvalue weighted by molar-refractivity contribution is -0.151. The summed E-state index contributed by atoms with van der Waals surface area (Å²) < 4.78 is 19.0. The first kappa shape index (κ1) is 21.3. The second-order valence-electron chi connectivity index (χ2n) is 7.33. The van der Waals surface area contributed by atoms with Gasteiger partial charge in [-0.25, -0.2) is 15.0 Å². The third kappa shape index (κ3) is 4.43.